The Bertz CT molecular complexity index is 1070. The Hall–Kier alpha value is -3.41. The van der Waals surface area contributed by atoms with E-state index in [0.29, 0.717) is 6.42 Å². The normalized spacial score (nSPS) is 16.3. The molecule has 3 aromatic rings. The Kier molecular flexibility index (Phi) is 7.78. The number of carbonyl (C=O) groups excluding carboxylic acids is 1. The summed E-state index contributed by atoms with van der Waals surface area (Å²) in [6.45, 7) is 6.29. The van der Waals surface area contributed by atoms with Crippen molar-refractivity contribution in [3.8, 4) is 5.75 Å². The van der Waals surface area contributed by atoms with Crippen LogP contribution in [0.2, 0.25) is 0 Å². The van der Waals surface area contributed by atoms with Gasteiger partial charge in [-0.1, -0.05) is 49.4 Å². The van der Waals surface area contributed by atoms with Crippen molar-refractivity contribution < 1.29 is 9.53 Å². The molecule has 2 heterocycles. The molecule has 4 rings (SSSR count). The highest BCUT2D eigenvalue weighted by Crippen LogP contribution is 2.26. The smallest absolute Gasteiger partial charge is 0.227 e. The highest BCUT2D eigenvalue weighted by atomic mass is 16.5. The molecule has 0 amide bonds. The van der Waals surface area contributed by atoms with Gasteiger partial charge in [0.2, 0.25) is 5.95 Å². The van der Waals surface area contributed by atoms with Gasteiger partial charge in [0.25, 0.3) is 0 Å². The maximum Gasteiger partial charge on any atom is 0.227 e. The van der Waals surface area contributed by atoms with E-state index in [1.54, 1.807) is 6.92 Å². The van der Waals surface area contributed by atoms with Crippen LogP contribution in [0, 0.1) is 0 Å². The minimum atomic E-state index is 0.120. The average molecular weight is 459 g/mol. The van der Waals surface area contributed by atoms with Crippen molar-refractivity contribution in [3.05, 3.63) is 78.0 Å². The minimum Gasteiger partial charge on any atom is -0.489 e. The van der Waals surface area contributed by atoms with Crippen LogP contribution in [0.4, 0.5) is 11.8 Å². The summed E-state index contributed by atoms with van der Waals surface area (Å²) in [6, 6.07) is 20.6. The molecule has 0 radical (unpaired) electrons. The quantitative estimate of drug-likeness (QED) is 0.431. The average Bonchev–Trinajstić information content (AvgIpc) is 3.32. The van der Waals surface area contributed by atoms with Gasteiger partial charge in [0.05, 0.1) is 6.54 Å². The first-order valence-corrected chi connectivity index (χ1v) is 12.1. The number of hydrogen-bond acceptors (Lipinski definition) is 6. The van der Waals surface area contributed by atoms with Crippen molar-refractivity contribution >= 4 is 17.5 Å². The maximum atomic E-state index is 11.4. The van der Waals surface area contributed by atoms with Crippen LogP contribution in [0.3, 0.4) is 0 Å². The Morgan fingerprint density at radius 2 is 1.91 bits per heavy atom. The van der Waals surface area contributed by atoms with Crippen LogP contribution in [0.1, 0.15) is 43.7 Å². The highest BCUT2D eigenvalue weighted by Gasteiger charge is 2.25. The monoisotopic (exact) mass is 458 g/mol. The Morgan fingerprint density at radius 3 is 2.65 bits per heavy atom. The van der Waals surface area contributed by atoms with Gasteiger partial charge < -0.3 is 19.3 Å². The molecule has 6 heteroatoms. The second kappa shape index (κ2) is 11.1. The Balaban J connectivity index is 1.31. The van der Waals surface area contributed by atoms with Crippen LogP contribution in [0.15, 0.2) is 66.9 Å². The molecule has 178 valence electrons. The fraction of sp³-hybridized carbons (Fsp3) is 0.393. The number of hydrogen-bond donors (Lipinski definition) is 0. The molecular formula is C28H34N4O2. The molecule has 2 aromatic carbocycles. The summed E-state index contributed by atoms with van der Waals surface area (Å²) in [4.78, 5) is 25.1. The number of Topliss-reactive ketones (excluding diaryl/α,β-unsaturated/α-hetero) is 1. The number of benzene rings is 2. The summed E-state index contributed by atoms with van der Waals surface area (Å²) in [6.07, 6.45) is 4.43. The van der Waals surface area contributed by atoms with Gasteiger partial charge in [0.15, 0.2) is 0 Å². The van der Waals surface area contributed by atoms with E-state index in [2.05, 4.69) is 58.1 Å². The van der Waals surface area contributed by atoms with E-state index in [4.69, 9.17) is 9.72 Å². The lowest BCUT2D eigenvalue weighted by Gasteiger charge is -2.21. The Labute approximate surface area is 202 Å². The molecule has 1 aromatic heterocycles. The second-order valence-corrected chi connectivity index (χ2v) is 9.22. The van der Waals surface area contributed by atoms with E-state index >= 15 is 0 Å². The summed E-state index contributed by atoms with van der Waals surface area (Å²) >= 11 is 0. The number of ketones is 1. The second-order valence-electron chi connectivity index (χ2n) is 9.22. The minimum absolute atomic E-state index is 0.120. The third-order valence-corrected chi connectivity index (χ3v) is 6.36. The predicted molar refractivity (Wildman–Crippen MR) is 137 cm³/mol. The topological polar surface area (TPSA) is 58.6 Å². The molecule has 2 atom stereocenters. The zero-order valence-corrected chi connectivity index (χ0v) is 20.4. The van der Waals surface area contributed by atoms with Crippen LogP contribution in [-0.2, 0) is 11.2 Å². The molecule has 1 aliphatic heterocycles. The first-order chi connectivity index (χ1) is 16.5. The number of rotatable bonds is 10. The summed E-state index contributed by atoms with van der Waals surface area (Å²) in [5.74, 6) is 3.00. The maximum absolute atomic E-state index is 11.4. The van der Waals surface area contributed by atoms with E-state index in [9.17, 15) is 4.79 Å². The number of anilines is 2. The molecule has 0 unspecified atom stereocenters. The highest BCUT2D eigenvalue weighted by molar-refractivity contribution is 5.76. The number of ether oxygens (including phenoxy) is 1. The number of aromatic nitrogens is 2. The van der Waals surface area contributed by atoms with Gasteiger partial charge >= 0.3 is 0 Å². The van der Waals surface area contributed by atoms with E-state index in [1.807, 2.05) is 37.5 Å². The van der Waals surface area contributed by atoms with Crippen LogP contribution >= 0.6 is 0 Å². The van der Waals surface area contributed by atoms with Crippen molar-refractivity contribution in [1.82, 2.24) is 9.97 Å². The van der Waals surface area contributed by atoms with Crippen LogP contribution in [-0.4, -0.2) is 48.5 Å². The summed E-state index contributed by atoms with van der Waals surface area (Å²) < 4.78 is 6.25. The fourth-order valence-corrected chi connectivity index (χ4v) is 4.39. The first kappa shape index (κ1) is 23.7. The summed E-state index contributed by atoms with van der Waals surface area (Å²) in [5, 5.41) is 0. The van der Waals surface area contributed by atoms with Crippen LogP contribution in [0.25, 0.3) is 0 Å². The van der Waals surface area contributed by atoms with Gasteiger partial charge in [-0.05, 0) is 48.6 Å². The third-order valence-electron chi connectivity index (χ3n) is 6.36. The number of carbonyl (C=O) groups is 1. The van der Waals surface area contributed by atoms with E-state index in [0.717, 1.165) is 50.0 Å². The van der Waals surface area contributed by atoms with Crippen molar-refractivity contribution in [2.75, 3.05) is 36.5 Å². The SMILES string of the molecule is CC(=O)C[C@@H](C)c1ccc(O[C@@H]2CCN(c3ccnc(N(C)CCc4ccccc4)n3)C2)cc1. The zero-order valence-electron chi connectivity index (χ0n) is 20.4. The lowest BCUT2D eigenvalue weighted by atomic mass is 9.96. The molecule has 1 fully saturated rings. The van der Waals surface area contributed by atoms with Gasteiger partial charge in [-0.25, -0.2) is 4.98 Å². The van der Waals surface area contributed by atoms with E-state index in [-0.39, 0.29) is 17.8 Å². The Morgan fingerprint density at radius 1 is 1.15 bits per heavy atom. The first-order valence-electron chi connectivity index (χ1n) is 12.1. The molecule has 0 aliphatic carbocycles. The standard InChI is InChI=1S/C28H34N4O2/c1-21(19-22(2)33)24-9-11-25(12-10-24)34-26-15-18-32(20-26)27-13-16-29-28(30-27)31(3)17-14-23-7-5-4-6-8-23/h4-13,16,21,26H,14-15,17-20H2,1-3H3/t21-,26-/m1/s1. The van der Waals surface area contributed by atoms with Gasteiger partial charge in [-0.15, -0.1) is 0 Å². The van der Waals surface area contributed by atoms with Crippen molar-refractivity contribution in [1.29, 1.82) is 0 Å². The van der Waals surface area contributed by atoms with Crippen molar-refractivity contribution in [2.45, 2.75) is 45.1 Å². The molecule has 0 spiro atoms. The lowest BCUT2D eigenvalue weighted by Crippen LogP contribution is -2.27. The molecule has 0 N–H and O–H groups in total. The number of nitrogens with zero attached hydrogens (tertiary/aromatic N) is 4. The van der Waals surface area contributed by atoms with Crippen LogP contribution in [0.5, 0.6) is 5.75 Å². The molecular weight excluding hydrogens is 424 g/mol. The molecule has 6 nitrogen and oxygen atoms in total. The van der Waals surface area contributed by atoms with Crippen molar-refractivity contribution in [3.63, 3.8) is 0 Å². The van der Waals surface area contributed by atoms with Gasteiger partial charge in [-0.2, -0.15) is 4.98 Å². The molecule has 34 heavy (non-hydrogen) atoms. The zero-order chi connectivity index (χ0) is 23.9. The largest absolute Gasteiger partial charge is 0.489 e. The lowest BCUT2D eigenvalue weighted by molar-refractivity contribution is -0.117. The van der Waals surface area contributed by atoms with Crippen molar-refractivity contribution in [2.24, 2.45) is 0 Å². The number of likely N-dealkylation sites (N-methyl/N-ethyl adjacent to an activating group) is 1. The predicted octanol–water partition coefficient (Wildman–Crippen LogP) is 4.90. The van der Waals surface area contributed by atoms with Gasteiger partial charge in [-0.3, -0.25) is 0 Å². The molecule has 1 aliphatic rings. The fourth-order valence-electron chi connectivity index (χ4n) is 4.39. The molecule has 0 saturated carbocycles. The summed E-state index contributed by atoms with van der Waals surface area (Å²) in [5.41, 5.74) is 2.48. The van der Waals surface area contributed by atoms with E-state index < -0.39 is 0 Å². The van der Waals surface area contributed by atoms with Crippen LogP contribution < -0.4 is 14.5 Å². The summed E-state index contributed by atoms with van der Waals surface area (Å²) in [7, 11) is 2.04. The molecule has 0 bridgehead atoms. The third kappa shape index (κ3) is 6.34. The van der Waals surface area contributed by atoms with Gasteiger partial charge in [0.1, 0.15) is 23.5 Å². The van der Waals surface area contributed by atoms with Gasteiger partial charge in [0, 0.05) is 39.2 Å². The van der Waals surface area contributed by atoms with E-state index in [1.165, 1.54) is 11.1 Å². The molecule has 1 saturated heterocycles.